The lowest BCUT2D eigenvalue weighted by atomic mass is 9.73. The van der Waals surface area contributed by atoms with Crippen LogP contribution in [-0.2, 0) is 19.1 Å². The molecule has 7 unspecified atom stereocenters. The van der Waals surface area contributed by atoms with E-state index in [2.05, 4.69) is 4.98 Å². The lowest BCUT2D eigenvalue weighted by Crippen LogP contribution is -2.45. The summed E-state index contributed by atoms with van der Waals surface area (Å²) in [6.07, 6.45) is 1.09. The van der Waals surface area contributed by atoms with Gasteiger partial charge in [-0.1, -0.05) is 34.1 Å². The van der Waals surface area contributed by atoms with E-state index < -0.39 is 35.6 Å². The van der Waals surface area contributed by atoms with Gasteiger partial charge in [0.05, 0.1) is 53.1 Å². The van der Waals surface area contributed by atoms with Gasteiger partial charge in [0.1, 0.15) is 12.4 Å². The van der Waals surface area contributed by atoms with Crippen molar-refractivity contribution in [2.45, 2.75) is 97.2 Å². The first-order chi connectivity index (χ1) is 16.4. The van der Waals surface area contributed by atoms with Crippen LogP contribution in [0.5, 0.6) is 0 Å². The number of ketones is 1. The Balaban J connectivity index is 1.80. The molecule has 196 valence electrons. The van der Waals surface area contributed by atoms with Crippen LogP contribution in [-0.4, -0.2) is 69.2 Å². The normalized spacial score (nSPS) is 36.7. The number of cyclic esters (lactones) is 1. The van der Waals surface area contributed by atoms with Crippen molar-refractivity contribution in [2.24, 2.45) is 17.3 Å². The Morgan fingerprint density at radius 2 is 1.86 bits per heavy atom. The molecular weight excluding hydrogens is 470 g/mol. The number of rotatable bonds is 1. The minimum absolute atomic E-state index is 0.0475. The third-order valence-corrected chi connectivity index (χ3v) is 8.22. The van der Waals surface area contributed by atoms with Crippen molar-refractivity contribution < 1.29 is 34.4 Å². The van der Waals surface area contributed by atoms with E-state index in [9.17, 15) is 24.9 Å². The van der Waals surface area contributed by atoms with Crippen LogP contribution in [0.1, 0.15) is 70.5 Å². The average Bonchev–Trinajstić information content (AvgIpc) is 3.40. The molecule has 9 heteroatoms. The summed E-state index contributed by atoms with van der Waals surface area (Å²) in [5.74, 6) is -1.75. The van der Waals surface area contributed by atoms with Gasteiger partial charge >= 0.3 is 5.97 Å². The molecule has 0 aromatic carbocycles. The number of nitrogens with zero attached hydrogens (tertiary/aromatic N) is 1. The fourth-order valence-electron chi connectivity index (χ4n) is 4.73. The smallest absolute Gasteiger partial charge is 0.308 e. The van der Waals surface area contributed by atoms with E-state index in [0.29, 0.717) is 17.7 Å². The number of aliphatic hydroxyl groups excluding tert-OH is 3. The van der Waals surface area contributed by atoms with E-state index in [1.165, 1.54) is 11.3 Å². The number of thiazole rings is 1. The zero-order chi connectivity index (χ0) is 25.9. The molecule has 0 amide bonds. The predicted octanol–water partition coefficient (Wildman–Crippen LogP) is 3.06. The summed E-state index contributed by atoms with van der Waals surface area (Å²) < 4.78 is 11.2. The Morgan fingerprint density at radius 3 is 2.51 bits per heavy atom. The Labute approximate surface area is 211 Å². The van der Waals surface area contributed by atoms with Gasteiger partial charge in [0.25, 0.3) is 0 Å². The molecule has 2 saturated heterocycles. The largest absolute Gasteiger partial charge is 0.461 e. The first kappa shape index (κ1) is 27.9. The molecule has 0 saturated carbocycles. The van der Waals surface area contributed by atoms with Gasteiger partial charge in [-0.25, -0.2) is 4.98 Å². The molecule has 1 aromatic rings. The number of aromatic nitrogens is 1. The second-order valence-electron chi connectivity index (χ2n) is 10.6. The van der Waals surface area contributed by atoms with Crippen molar-refractivity contribution in [2.75, 3.05) is 6.61 Å². The van der Waals surface area contributed by atoms with Crippen molar-refractivity contribution in [1.82, 2.24) is 4.98 Å². The summed E-state index contributed by atoms with van der Waals surface area (Å²) in [6, 6.07) is 0. The van der Waals surface area contributed by atoms with Gasteiger partial charge in [0.2, 0.25) is 0 Å². The van der Waals surface area contributed by atoms with Gasteiger partial charge in [0, 0.05) is 17.7 Å². The number of epoxide rings is 1. The third-order valence-electron chi connectivity index (χ3n) is 7.43. The highest BCUT2D eigenvalue weighted by Gasteiger charge is 2.43. The Morgan fingerprint density at radius 1 is 1.14 bits per heavy atom. The van der Waals surface area contributed by atoms with Crippen LogP contribution in [0.4, 0.5) is 0 Å². The second kappa shape index (κ2) is 11.6. The van der Waals surface area contributed by atoms with Crippen molar-refractivity contribution in [3.63, 3.8) is 0 Å². The number of aryl methyl sites for hydroxylation is 1. The number of Topliss-reactive ketones (excluding diaryl/α,β-unsaturated/α-hetero) is 1. The molecule has 3 N–H and O–H groups in total. The third kappa shape index (κ3) is 7.20. The first-order valence-electron chi connectivity index (χ1n) is 12.4. The van der Waals surface area contributed by atoms with E-state index in [0.717, 1.165) is 24.3 Å². The van der Waals surface area contributed by atoms with Crippen LogP contribution in [0.25, 0.3) is 6.08 Å². The maximum absolute atomic E-state index is 13.2. The summed E-state index contributed by atoms with van der Waals surface area (Å²) in [6.45, 7) is 8.50. The van der Waals surface area contributed by atoms with Gasteiger partial charge in [-0.2, -0.15) is 0 Å². The molecule has 0 radical (unpaired) electrons. The van der Waals surface area contributed by atoms with E-state index in [1.807, 2.05) is 19.2 Å². The highest BCUT2D eigenvalue weighted by atomic mass is 32.1. The molecule has 0 spiro atoms. The Hall–Kier alpha value is -1.65. The number of fused-ring (bicyclic) bond motifs is 1. The summed E-state index contributed by atoms with van der Waals surface area (Å²) in [5.41, 5.74) is -0.0498. The second-order valence-corrected chi connectivity index (χ2v) is 11.7. The van der Waals surface area contributed by atoms with Crippen LogP contribution >= 0.6 is 11.3 Å². The Bertz CT molecular complexity index is 927. The quantitative estimate of drug-likeness (QED) is 0.389. The molecule has 3 heterocycles. The van der Waals surface area contributed by atoms with Crippen molar-refractivity contribution in [3.8, 4) is 0 Å². The molecule has 0 bridgehead atoms. The topological polar surface area (TPSA) is 129 Å². The number of aliphatic hydroxyl groups is 3. The van der Waals surface area contributed by atoms with Gasteiger partial charge < -0.3 is 24.8 Å². The fourth-order valence-corrected chi connectivity index (χ4v) is 5.30. The molecule has 2 aliphatic heterocycles. The SMILES string of the molecule is Cc1nc(C=C2COC(=O)CC(O)C(C)(C)C(=O)C(C)C(O)C(C)CCCC3OC3CC2O)cs1. The van der Waals surface area contributed by atoms with Gasteiger partial charge in [-0.3, -0.25) is 9.59 Å². The van der Waals surface area contributed by atoms with E-state index in [4.69, 9.17) is 9.47 Å². The lowest BCUT2D eigenvalue weighted by molar-refractivity contribution is -0.150. The van der Waals surface area contributed by atoms with Gasteiger partial charge in [0.15, 0.2) is 0 Å². The van der Waals surface area contributed by atoms with Crippen LogP contribution in [0, 0.1) is 24.2 Å². The maximum atomic E-state index is 13.2. The Kier molecular flexibility index (Phi) is 9.26. The molecule has 8 nitrogen and oxygen atoms in total. The number of hydrogen-bond acceptors (Lipinski definition) is 9. The molecule has 2 fully saturated rings. The number of carbonyl (C=O) groups excluding carboxylic acids is 2. The number of esters is 1. The van der Waals surface area contributed by atoms with Crippen molar-refractivity contribution >= 4 is 29.2 Å². The van der Waals surface area contributed by atoms with Crippen LogP contribution in [0.3, 0.4) is 0 Å². The van der Waals surface area contributed by atoms with Crippen LogP contribution in [0.2, 0.25) is 0 Å². The number of ether oxygens (including phenoxy) is 2. The van der Waals surface area contributed by atoms with Gasteiger partial charge in [-0.15, -0.1) is 11.3 Å². The lowest BCUT2D eigenvalue weighted by Gasteiger charge is -2.34. The number of hydrogen-bond donors (Lipinski definition) is 3. The minimum Gasteiger partial charge on any atom is -0.461 e. The standard InChI is InChI=1S/C26H39NO7S/c1-14-7-6-8-20-21(34-20)10-19(28)17(9-18-13-35-16(3)27-18)12-33-23(30)11-22(29)26(4,5)25(32)15(2)24(14)31/h9,13-15,19-22,24,28-29,31H,6-8,10-12H2,1-5H3. The monoisotopic (exact) mass is 509 g/mol. The first-order valence-corrected chi connectivity index (χ1v) is 13.3. The van der Waals surface area contributed by atoms with E-state index >= 15 is 0 Å². The van der Waals surface area contributed by atoms with Crippen LogP contribution < -0.4 is 0 Å². The van der Waals surface area contributed by atoms with Crippen LogP contribution in [0.15, 0.2) is 11.0 Å². The highest BCUT2D eigenvalue weighted by molar-refractivity contribution is 7.09. The molecule has 2 aliphatic rings. The van der Waals surface area contributed by atoms with E-state index in [-0.39, 0.29) is 36.9 Å². The summed E-state index contributed by atoms with van der Waals surface area (Å²) in [4.78, 5) is 30.1. The van der Waals surface area contributed by atoms with Crippen molar-refractivity contribution in [1.29, 1.82) is 0 Å². The summed E-state index contributed by atoms with van der Waals surface area (Å²) >= 11 is 1.49. The molecule has 7 atom stereocenters. The zero-order valence-corrected chi connectivity index (χ0v) is 22.1. The number of carbonyl (C=O) groups is 2. The maximum Gasteiger partial charge on any atom is 0.308 e. The highest BCUT2D eigenvalue weighted by Crippen LogP contribution is 2.35. The zero-order valence-electron chi connectivity index (χ0n) is 21.3. The molecule has 0 aliphatic carbocycles. The fraction of sp³-hybridized carbons (Fsp3) is 0.731. The molecule has 35 heavy (non-hydrogen) atoms. The molecule has 3 rings (SSSR count). The summed E-state index contributed by atoms with van der Waals surface area (Å²) in [7, 11) is 0. The molecular formula is C26H39NO7S. The van der Waals surface area contributed by atoms with E-state index in [1.54, 1.807) is 26.8 Å². The summed E-state index contributed by atoms with van der Waals surface area (Å²) in [5, 5.41) is 35.2. The predicted molar refractivity (Wildman–Crippen MR) is 133 cm³/mol. The minimum atomic E-state index is -1.27. The molecule has 1 aromatic heterocycles. The van der Waals surface area contributed by atoms with Gasteiger partial charge in [-0.05, 0) is 37.3 Å². The average molecular weight is 510 g/mol. The van der Waals surface area contributed by atoms with Crippen molar-refractivity contribution in [3.05, 3.63) is 21.7 Å².